The first-order valence-corrected chi connectivity index (χ1v) is 11.9. The largest absolute Gasteiger partial charge is 0.392 e. The highest BCUT2D eigenvalue weighted by atomic mass is 19.4. The summed E-state index contributed by atoms with van der Waals surface area (Å²) in [5.74, 6) is 0.0520. The molecule has 0 fully saturated rings. The zero-order chi connectivity index (χ0) is 23.9. The number of alkyl halides is 3. The smallest absolute Gasteiger partial charge is 0.347 e. The fourth-order valence-corrected chi connectivity index (χ4v) is 4.94. The third kappa shape index (κ3) is 4.35. The van der Waals surface area contributed by atoms with E-state index in [4.69, 9.17) is 0 Å². The quantitative estimate of drug-likeness (QED) is 0.587. The van der Waals surface area contributed by atoms with Crippen molar-refractivity contribution in [3.05, 3.63) is 59.1 Å². The van der Waals surface area contributed by atoms with E-state index in [0.717, 1.165) is 54.9 Å². The van der Waals surface area contributed by atoms with Crippen LogP contribution in [-0.2, 0) is 38.9 Å². The molecule has 1 atom stereocenters. The molecule has 0 aliphatic carbocycles. The van der Waals surface area contributed by atoms with Crippen LogP contribution in [-0.4, -0.2) is 31.2 Å². The summed E-state index contributed by atoms with van der Waals surface area (Å²) in [6, 6.07) is 7.63. The minimum Gasteiger partial charge on any atom is -0.347 e. The van der Waals surface area contributed by atoms with E-state index in [0.29, 0.717) is 30.3 Å². The van der Waals surface area contributed by atoms with Crippen LogP contribution in [0.4, 0.5) is 13.2 Å². The van der Waals surface area contributed by atoms with Crippen LogP contribution < -0.4 is 5.32 Å². The third-order valence-corrected chi connectivity index (χ3v) is 6.87. The van der Waals surface area contributed by atoms with Crippen LogP contribution in [0.3, 0.4) is 0 Å². The highest BCUT2D eigenvalue weighted by Crippen LogP contribution is 2.35. The number of halogens is 3. The first kappa shape index (κ1) is 22.7. The Morgan fingerprint density at radius 3 is 2.65 bits per heavy atom. The molecule has 0 spiro atoms. The van der Waals surface area contributed by atoms with Gasteiger partial charge in [-0.05, 0) is 31.2 Å². The van der Waals surface area contributed by atoms with Gasteiger partial charge in [0.25, 0.3) is 5.91 Å². The van der Waals surface area contributed by atoms with Crippen molar-refractivity contribution in [3.8, 4) is 11.3 Å². The number of amides is 1. The van der Waals surface area contributed by atoms with Crippen molar-refractivity contribution >= 4 is 5.91 Å². The predicted molar refractivity (Wildman–Crippen MR) is 121 cm³/mol. The van der Waals surface area contributed by atoms with Crippen LogP contribution in [0.25, 0.3) is 11.3 Å². The number of nitrogens with zero attached hydrogens (tertiary/aromatic N) is 4. The molecule has 180 valence electrons. The molecule has 1 amide bonds. The van der Waals surface area contributed by atoms with Crippen LogP contribution in [0.15, 0.2) is 30.5 Å². The zero-order valence-corrected chi connectivity index (χ0v) is 19.2. The standard InChI is InChI=1S/C25H28F3N5O/c1-2-19-23(33-11-4-3-5-21(33)30-19)24(34)29-14-16-6-8-17(9-7-16)20-15-32-12-10-18(25(26,27)28)13-22(32)31-20/h6-9,15,18H,2-5,10-14H2,1H3,(H,29,34)/t18-/m1/s1. The van der Waals surface area contributed by atoms with Gasteiger partial charge in [0.1, 0.15) is 17.3 Å². The average Bonchev–Trinajstić information content (AvgIpc) is 3.43. The molecule has 5 rings (SSSR count). The Bertz CT molecular complexity index is 1190. The lowest BCUT2D eigenvalue weighted by molar-refractivity contribution is -0.179. The van der Waals surface area contributed by atoms with E-state index in [9.17, 15) is 18.0 Å². The number of hydrogen-bond acceptors (Lipinski definition) is 3. The maximum Gasteiger partial charge on any atom is 0.392 e. The number of imidazole rings is 2. The van der Waals surface area contributed by atoms with Gasteiger partial charge < -0.3 is 14.5 Å². The van der Waals surface area contributed by atoms with Crippen molar-refractivity contribution in [1.29, 1.82) is 0 Å². The molecule has 0 saturated carbocycles. The molecule has 0 unspecified atom stereocenters. The maximum absolute atomic E-state index is 13.1. The summed E-state index contributed by atoms with van der Waals surface area (Å²) in [4.78, 5) is 22.1. The fourth-order valence-electron chi connectivity index (χ4n) is 4.94. The van der Waals surface area contributed by atoms with Gasteiger partial charge in [-0.15, -0.1) is 0 Å². The zero-order valence-electron chi connectivity index (χ0n) is 19.2. The Kier molecular flexibility index (Phi) is 5.95. The monoisotopic (exact) mass is 471 g/mol. The van der Waals surface area contributed by atoms with E-state index >= 15 is 0 Å². The molecule has 6 nitrogen and oxygen atoms in total. The van der Waals surface area contributed by atoms with Crippen molar-refractivity contribution in [2.24, 2.45) is 5.92 Å². The second-order valence-corrected chi connectivity index (χ2v) is 9.13. The summed E-state index contributed by atoms with van der Waals surface area (Å²) in [7, 11) is 0. The van der Waals surface area contributed by atoms with Crippen LogP contribution >= 0.6 is 0 Å². The van der Waals surface area contributed by atoms with Crippen molar-refractivity contribution in [2.75, 3.05) is 0 Å². The Labute approximate surface area is 196 Å². The lowest BCUT2D eigenvalue weighted by Gasteiger charge is -2.25. The second-order valence-electron chi connectivity index (χ2n) is 9.13. The molecule has 0 bridgehead atoms. The topological polar surface area (TPSA) is 64.7 Å². The minimum atomic E-state index is -4.18. The van der Waals surface area contributed by atoms with Crippen molar-refractivity contribution in [2.45, 2.75) is 71.3 Å². The number of carbonyl (C=O) groups is 1. The lowest BCUT2D eigenvalue weighted by Crippen LogP contribution is -2.31. The van der Waals surface area contributed by atoms with Crippen molar-refractivity contribution in [3.63, 3.8) is 0 Å². The van der Waals surface area contributed by atoms with Gasteiger partial charge in [0.2, 0.25) is 0 Å². The Hall–Kier alpha value is -3.10. The summed E-state index contributed by atoms with van der Waals surface area (Å²) in [5.41, 5.74) is 3.98. The van der Waals surface area contributed by atoms with Gasteiger partial charge in [-0.25, -0.2) is 9.97 Å². The molecule has 2 aliphatic rings. The van der Waals surface area contributed by atoms with Gasteiger partial charge in [0, 0.05) is 44.2 Å². The van der Waals surface area contributed by atoms with E-state index in [2.05, 4.69) is 19.9 Å². The van der Waals surface area contributed by atoms with Gasteiger partial charge in [0.15, 0.2) is 0 Å². The second kappa shape index (κ2) is 8.92. The molecule has 3 aromatic rings. The third-order valence-electron chi connectivity index (χ3n) is 6.87. The first-order valence-electron chi connectivity index (χ1n) is 11.9. The molecular weight excluding hydrogens is 443 g/mol. The number of aryl methyl sites for hydroxylation is 3. The number of carbonyl (C=O) groups excluding carboxylic acids is 1. The number of hydrogen-bond donors (Lipinski definition) is 1. The summed E-state index contributed by atoms with van der Waals surface area (Å²) < 4.78 is 43.1. The summed E-state index contributed by atoms with van der Waals surface area (Å²) in [6.45, 7) is 3.56. The first-order chi connectivity index (χ1) is 16.3. The van der Waals surface area contributed by atoms with Crippen molar-refractivity contribution < 1.29 is 18.0 Å². The molecule has 2 aliphatic heterocycles. The van der Waals surface area contributed by atoms with Gasteiger partial charge >= 0.3 is 6.18 Å². The Morgan fingerprint density at radius 1 is 1.12 bits per heavy atom. The molecule has 34 heavy (non-hydrogen) atoms. The Morgan fingerprint density at radius 2 is 1.91 bits per heavy atom. The van der Waals surface area contributed by atoms with E-state index in [1.807, 2.05) is 42.0 Å². The van der Waals surface area contributed by atoms with Gasteiger partial charge in [-0.1, -0.05) is 31.2 Å². The molecule has 4 heterocycles. The molecule has 2 aromatic heterocycles. The summed E-state index contributed by atoms with van der Waals surface area (Å²) in [5, 5.41) is 3.02. The number of rotatable bonds is 5. The van der Waals surface area contributed by atoms with Crippen LogP contribution in [0.5, 0.6) is 0 Å². The van der Waals surface area contributed by atoms with Crippen LogP contribution in [0, 0.1) is 5.92 Å². The van der Waals surface area contributed by atoms with E-state index in [1.54, 1.807) is 0 Å². The van der Waals surface area contributed by atoms with Gasteiger partial charge in [-0.2, -0.15) is 13.2 Å². The molecule has 1 aromatic carbocycles. The SMILES string of the molecule is CCc1nc2n(c1C(=O)NCc1ccc(-c3cn4c(n3)C[C@H](C(F)(F)F)CC4)cc1)CCCC2. The summed E-state index contributed by atoms with van der Waals surface area (Å²) >= 11 is 0. The number of fused-ring (bicyclic) bond motifs is 2. The molecule has 0 saturated heterocycles. The molecule has 0 radical (unpaired) electrons. The average molecular weight is 472 g/mol. The van der Waals surface area contributed by atoms with E-state index in [-0.39, 0.29) is 18.7 Å². The minimum absolute atomic E-state index is 0.0777. The van der Waals surface area contributed by atoms with Gasteiger partial charge in [0.05, 0.1) is 17.3 Å². The van der Waals surface area contributed by atoms with E-state index in [1.165, 1.54) is 0 Å². The highest BCUT2D eigenvalue weighted by Gasteiger charge is 2.41. The summed E-state index contributed by atoms with van der Waals surface area (Å²) in [6.07, 6.45) is 1.45. The molecule has 1 N–H and O–H groups in total. The highest BCUT2D eigenvalue weighted by molar-refractivity contribution is 5.94. The number of benzene rings is 1. The molecular formula is C25H28F3N5O. The van der Waals surface area contributed by atoms with E-state index < -0.39 is 12.1 Å². The number of nitrogens with one attached hydrogen (secondary N) is 1. The lowest BCUT2D eigenvalue weighted by atomic mass is 9.97. The predicted octanol–water partition coefficient (Wildman–Crippen LogP) is 4.70. The van der Waals surface area contributed by atoms with Crippen LogP contribution in [0.1, 0.15) is 59.6 Å². The molecule has 9 heteroatoms. The van der Waals surface area contributed by atoms with Gasteiger partial charge in [-0.3, -0.25) is 4.79 Å². The van der Waals surface area contributed by atoms with Crippen molar-refractivity contribution in [1.82, 2.24) is 24.4 Å². The van der Waals surface area contributed by atoms with Crippen LogP contribution in [0.2, 0.25) is 0 Å². The normalized spacial score (nSPS) is 17.8. The fraction of sp³-hybridized carbons (Fsp3) is 0.480. The number of aromatic nitrogens is 4. The maximum atomic E-state index is 13.1. The Balaban J connectivity index is 1.25.